The molecule has 0 aliphatic rings. The summed E-state index contributed by atoms with van der Waals surface area (Å²) in [6, 6.07) is 1.94. The predicted octanol–water partition coefficient (Wildman–Crippen LogP) is 1.71. The molecule has 0 radical (unpaired) electrons. The molecule has 0 atom stereocenters. The second-order valence-electron chi connectivity index (χ2n) is 3.79. The molecule has 0 spiro atoms. The summed E-state index contributed by atoms with van der Waals surface area (Å²) in [5.74, 6) is 0.643. The van der Waals surface area contributed by atoms with Crippen LogP contribution in [0.4, 0.5) is 0 Å². The number of hydrogen-bond acceptors (Lipinski definition) is 4. The molecule has 5 nitrogen and oxygen atoms in total. The third kappa shape index (κ3) is 1.89. The highest BCUT2D eigenvalue weighted by Crippen LogP contribution is 2.16. The van der Waals surface area contributed by atoms with Gasteiger partial charge in [0.15, 0.2) is 11.5 Å². The van der Waals surface area contributed by atoms with E-state index in [4.69, 9.17) is 5.26 Å². The van der Waals surface area contributed by atoms with Crippen molar-refractivity contribution in [1.82, 2.24) is 19.7 Å². The number of hydrogen-bond donors (Lipinski definition) is 0. The Bertz CT molecular complexity index is 574. The van der Waals surface area contributed by atoms with Crippen molar-refractivity contribution in [3.63, 3.8) is 0 Å². The molecule has 0 bridgehead atoms. The average molecular weight is 227 g/mol. The molecule has 5 heteroatoms. The number of nitriles is 1. The molecule has 17 heavy (non-hydrogen) atoms. The van der Waals surface area contributed by atoms with Gasteiger partial charge < -0.3 is 0 Å². The maximum absolute atomic E-state index is 8.67. The number of nitrogens with zero attached hydrogens (tertiary/aromatic N) is 5. The summed E-state index contributed by atoms with van der Waals surface area (Å²) in [5, 5.41) is 13.1. The minimum atomic E-state index is 0.311. The molecule has 0 aliphatic carbocycles. The van der Waals surface area contributed by atoms with E-state index >= 15 is 0 Å². The fraction of sp³-hybridized carbons (Fsp3) is 0.333. The van der Waals surface area contributed by atoms with Crippen molar-refractivity contribution in [2.75, 3.05) is 0 Å². The van der Waals surface area contributed by atoms with E-state index in [0.29, 0.717) is 11.5 Å². The van der Waals surface area contributed by atoms with Crippen molar-refractivity contribution in [3.8, 4) is 11.9 Å². The van der Waals surface area contributed by atoms with Crippen molar-refractivity contribution in [3.05, 3.63) is 35.0 Å². The largest absolute Gasteiger partial charge is 0.240 e. The molecule has 0 N–H and O–H groups in total. The highest BCUT2D eigenvalue weighted by atomic mass is 15.3. The Morgan fingerprint density at radius 3 is 2.53 bits per heavy atom. The van der Waals surface area contributed by atoms with Crippen LogP contribution in [0, 0.1) is 25.2 Å². The van der Waals surface area contributed by atoms with E-state index in [1.165, 1.54) is 11.8 Å². The second-order valence-corrected chi connectivity index (χ2v) is 3.79. The Balaban J connectivity index is 2.50. The summed E-state index contributed by atoms with van der Waals surface area (Å²) in [4.78, 5) is 8.18. The summed E-state index contributed by atoms with van der Waals surface area (Å²) in [5.41, 5.74) is 3.63. The zero-order valence-electron chi connectivity index (χ0n) is 10.1. The summed E-state index contributed by atoms with van der Waals surface area (Å²) in [6.07, 6.45) is 3.97. The average Bonchev–Trinajstić information content (AvgIpc) is 2.64. The highest BCUT2D eigenvalue weighted by molar-refractivity contribution is 5.32. The van der Waals surface area contributed by atoms with Crippen molar-refractivity contribution in [2.45, 2.75) is 27.2 Å². The maximum atomic E-state index is 8.67. The molecule has 0 saturated carbocycles. The van der Waals surface area contributed by atoms with E-state index in [1.54, 1.807) is 10.9 Å². The predicted molar refractivity (Wildman–Crippen MR) is 62.7 cm³/mol. The van der Waals surface area contributed by atoms with E-state index in [-0.39, 0.29) is 0 Å². The zero-order chi connectivity index (χ0) is 12.4. The molecule has 0 unspecified atom stereocenters. The van der Waals surface area contributed by atoms with Gasteiger partial charge in [-0.1, -0.05) is 6.92 Å². The van der Waals surface area contributed by atoms with Crippen LogP contribution in [0.1, 0.15) is 29.6 Å². The van der Waals surface area contributed by atoms with Crippen LogP contribution in [0.2, 0.25) is 0 Å². The fourth-order valence-electron chi connectivity index (χ4n) is 1.90. The normalized spacial score (nSPS) is 10.2. The van der Waals surface area contributed by atoms with E-state index in [1.807, 2.05) is 19.9 Å². The Hall–Kier alpha value is -2.22. The van der Waals surface area contributed by atoms with Crippen molar-refractivity contribution in [2.24, 2.45) is 0 Å². The van der Waals surface area contributed by atoms with Crippen LogP contribution in [0.5, 0.6) is 0 Å². The topological polar surface area (TPSA) is 67.4 Å². The third-order valence-corrected chi connectivity index (χ3v) is 2.76. The van der Waals surface area contributed by atoms with Gasteiger partial charge in [0.1, 0.15) is 6.07 Å². The van der Waals surface area contributed by atoms with Gasteiger partial charge in [-0.05, 0) is 25.8 Å². The van der Waals surface area contributed by atoms with Crippen molar-refractivity contribution < 1.29 is 0 Å². The first-order chi connectivity index (χ1) is 8.17. The molecule has 0 fully saturated rings. The lowest BCUT2D eigenvalue weighted by Gasteiger charge is -2.02. The van der Waals surface area contributed by atoms with Crippen LogP contribution >= 0.6 is 0 Å². The minimum Gasteiger partial charge on any atom is -0.240 e. The van der Waals surface area contributed by atoms with Crippen LogP contribution < -0.4 is 0 Å². The smallest absolute Gasteiger partial charge is 0.172 e. The van der Waals surface area contributed by atoms with E-state index in [2.05, 4.69) is 22.0 Å². The lowest BCUT2D eigenvalue weighted by atomic mass is 10.1. The summed E-state index contributed by atoms with van der Waals surface area (Å²) in [7, 11) is 0. The highest BCUT2D eigenvalue weighted by Gasteiger charge is 2.11. The molecule has 2 aromatic rings. The summed E-state index contributed by atoms with van der Waals surface area (Å²) < 4.78 is 1.77. The lowest BCUT2D eigenvalue weighted by Crippen LogP contribution is -2.03. The second kappa shape index (κ2) is 4.34. The van der Waals surface area contributed by atoms with Gasteiger partial charge in [0, 0.05) is 5.69 Å². The van der Waals surface area contributed by atoms with Crippen LogP contribution in [0.15, 0.2) is 12.4 Å². The number of rotatable bonds is 2. The van der Waals surface area contributed by atoms with Gasteiger partial charge in [-0.2, -0.15) is 10.4 Å². The molecule has 86 valence electrons. The number of aryl methyl sites for hydroxylation is 1. The van der Waals surface area contributed by atoms with Crippen LogP contribution in [0.25, 0.3) is 5.82 Å². The SMILES string of the molecule is CCc1c(C)nn(-c2cnc(C#N)cn2)c1C. The Morgan fingerprint density at radius 2 is 2.06 bits per heavy atom. The molecule has 0 saturated heterocycles. The molecular formula is C12H13N5. The summed E-state index contributed by atoms with van der Waals surface area (Å²) >= 11 is 0. The zero-order valence-corrected chi connectivity index (χ0v) is 10.1. The first-order valence-electron chi connectivity index (χ1n) is 5.45. The van der Waals surface area contributed by atoms with Gasteiger partial charge in [0.25, 0.3) is 0 Å². The monoisotopic (exact) mass is 227 g/mol. The Morgan fingerprint density at radius 1 is 1.29 bits per heavy atom. The van der Waals surface area contributed by atoms with Gasteiger partial charge in [-0.25, -0.2) is 14.6 Å². The molecule has 0 aromatic carbocycles. The van der Waals surface area contributed by atoms with E-state index in [9.17, 15) is 0 Å². The quantitative estimate of drug-likeness (QED) is 0.783. The molecule has 2 heterocycles. The van der Waals surface area contributed by atoms with Gasteiger partial charge >= 0.3 is 0 Å². The van der Waals surface area contributed by atoms with Gasteiger partial charge in [-0.15, -0.1) is 0 Å². The molecule has 2 aromatic heterocycles. The Labute approximate surface area is 99.8 Å². The van der Waals surface area contributed by atoms with Gasteiger partial charge in [0.2, 0.25) is 0 Å². The van der Waals surface area contributed by atoms with Crippen molar-refractivity contribution >= 4 is 0 Å². The molecule has 2 rings (SSSR count). The van der Waals surface area contributed by atoms with E-state index in [0.717, 1.165) is 17.8 Å². The first kappa shape index (κ1) is 11.3. The molecule has 0 amide bonds. The summed E-state index contributed by atoms with van der Waals surface area (Å²) in [6.45, 7) is 6.10. The first-order valence-corrected chi connectivity index (χ1v) is 5.45. The standard InChI is InChI=1S/C12H13N5/c1-4-11-8(2)16-17(9(11)3)12-7-14-10(5-13)6-15-12/h6-7H,4H2,1-3H3. The number of aromatic nitrogens is 4. The van der Waals surface area contributed by atoms with Gasteiger partial charge in [-0.3, -0.25) is 0 Å². The third-order valence-electron chi connectivity index (χ3n) is 2.76. The lowest BCUT2D eigenvalue weighted by molar-refractivity contribution is 0.797. The maximum Gasteiger partial charge on any atom is 0.172 e. The van der Waals surface area contributed by atoms with Gasteiger partial charge in [0.05, 0.1) is 18.1 Å². The minimum absolute atomic E-state index is 0.311. The van der Waals surface area contributed by atoms with Crippen LogP contribution in [-0.2, 0) is 6.42 Å². The fourth-order valence-corrected chi connectivity index (χ4v) is 1.90. The van der Waals surface area contributed by atoms with Crippen molar-refractivity contribution in [1.29, 1.82) is 5.26 Å². The molecular weight excluding hydrogens is 214 g/mol. The Kier molecular flexibility index (Phi) is 2.88. The van der Waals surface area contributed by atoms with E-state index < -0.39 is 0 Å². The molecule has 0 aliphatic heterocycles. The van der Waals surface area contributed by atoms with Crippen LogP contribution in [0.3, 0.4) is 0 Å². The van der Waals surface area contributed by atoms with Crippen LogP contribution in [-0.4, -0.2) is 19.7 Å².